The van der Waals surface area contributed by atoms with E-state index in [9.17, 15) is 4.79 Å². The first-order valence-electron chi connectivity index (χ1n) is 9.55. The van der Waals surface area contributed by atoms with Gasteiger partial charge in [-0.05, 0) is 68.4 Å². The largest absolute Gasteiger partial charge is 0.323 e. The van der Waals surface area contributed by atoms with Gasteiger partial charge in [0.15, 0.2) is 0 Å². The molecule has 0 spiro atoms. The molecule has 0 aliphatic rings. The highest BCUT2D eigenvalue weighted by atomic mass is 79.9. The maximum absolute atomic E-state index is 12.7. The Kier molecular flexibility index (Phi) is 5.68. The molecule has 0 saturated carbocycles. The average molecular weight is 461 g/mol. The Morgan fingerprint density at radius 2 is 1.70 bits per heavy atom. The van der Waals surface area contributed by atoms with E-state index < -0.39 is 0 Å². The van der Waals surface area contributed by atoms with Gasteiger partial charge < -0.3 is 9.13 Å². The first-order valence-corrected chi connectivity index (χ1v) is 10.3. The van der Waals surface area contributed by atoms with Crippen LogP contribution in [0.3, 0.4) is 0 Å². The highest BCUT2D eigenvalue weighted by molar-refractivity contribution is 9.10. The van der Waals surface area contributed by atoms with E-state index in [1.165, 1.54) is 0 Å². The van der Waals surface area contributed by atoms with Crippen molar-refractivity contribution in [2.45, 2.75) is 13.8 Å². The van der Waals surface area contributed by atoms with Gasteiger partial charge in [-0.3, -0.25) is 4.79 Å². The molecule has 30 heavy (non-hydrogen) atoms. The summed E-state index contributed by atoms with van der Waals surface area (Å²) >= 11 is 3.47. The second kappa shape index (κ2) is 8.55. The van der Waals surface area contributed by atoms with E-state index in [2.05, 4.69) is 56.1 Å². The molecule has 2 aromatic carbocycles. The summed E-state index contributed by atoms with van der Waals surface area (Å²) in [5, 5.41) is 4.21. The maximum atomic E-state index is 12.7. The van der Waals surface area contributed by atoms with Gasteiger partial charge in [0.1, 0.15) is 0 Å². The van der Waals surface area contributed by atoms with Crippen LogP contribution in [-0.4, -0.2) is 21.3 Å². The van der Waals surface area contributed by atoms with Crippen molar-refractivity contribution < 1.29 is 4.79 Å². The van der Waals surface area contributed by atoms with Gasteiger partial charge in [-0.25, -0.2) is 5.43 Å². The van der Waals surface area contributed by atoms with Gasteiger partial charge in [-0.15, -0.1) is 0 Å². The molecule has 2 aromatic heterocycles. The lowest BCUT2D eigenvalue weighted by atomic mass is 10.1. The lowest BCUT2D eigenvalue weighted by Gasteiger charge is -2.10. The molecule has 5 nitrogen and oxygen atoms in total. The summed E-state index contributed by atoms with van der Waals surface area (Å²) in [7, 11) is 0. The molecule has 0 atom stereocenters. The molecule has 0 aliphatic heterocycles. The van der Waals surface area contributed by atoms with E-state index in [4.69, 9.17) is 0 Å². The number of hydrogen-bond donors (Lipinski definition) is 1. The summed E-state index contributed by atoms with van der Waals surface area (Å²) in [4.78, 5) is 12.7. The zero-order valence-electron chi connectivity index (χ0n) is 16.7. The van der Waals surface area contributed by atoms with Crippen molar-refractivity contribution in [1.29, 1.82) is 0 Å². The van der Waals surface area contributed by atoms with Crippen molar-refractivity contribution in [3.8, 4) is 11.4 Å². The molecule has 0 aliphatic carbocycles. The number of carbonyl (C=O) groups is 1. The Hall–Kier alpha value is -3.38. The van der Waals surface area contributed by atoms with Crippen molar-refractivity contribution in [1.82, 2.24) is 14.6 Å². The molecule has 0 bridgehead atoms. The quantitative estimate of drug-likeness (QED) is 0.314. The SMILES string of the molecule is Cc1cc(/C=N\NC(=O)c2ccccc2-n2cccc2)c(C)n1-c1ccc(Br)cc1. The van der Waals surface area contributed by atoms with Crippen LogP contribution in [0.5, 0.6) is 0 Å². The van der Waals surface area contributed by atoms with Crippen molar-refractivity contribution in [2.24, 2.45) is 5.10 Å². The number of nitrogens with one attached hydrogen (secondary N) is 1. The highest BCUT2D eigenvalue weighted by Gasteiger charge is 2.12. The summed E-state index contributed by atoms with van der Waals surface area (Å²) in [6.45, 7) is 4.10. The van der Waals surface area contributed by atoms with E-state index in [0.717, 1.165) is 32.8 Å². The summed E-state index contributed by atoms with van der Waals surface area (Å²) in [5.41, 5.74) is 8.21. The number of nitrogens with zero attached hydrogens (tertiary/aromatic N) is 3. The predicted octanol–water partition coefficient (Wildman–Crippen LogP) is 5.41. The Balaban J connectivity index is 1.54. The number of benzene rings is 2. The third kappa shape index (κ3) is 4.00. The Morgan fingerprint density at radius 1 is 1.00 bits per heavy atom. The monoisotopic (exact) mass is 460 g/mol. The molecule has 4 rings (SSSR count). The molecule has 0 unspecified atom stereocenters. The number of carbonyl (C=O) groups excluding carboxylic acids is 1. The van der Waals surface area contributed by atoms with E-state index >= 15 is 0 Å². The Morgan fingerprint density at radius 3 is 2.43 bits per heavy atom. The van der Waals surface area contributed by atoms with Crippen LogP contribution in [0.4, 0.5) is 0 Å². The number of hydrazone groups is 1. The van der Waals surface area contributed by atoms with Crippen LogP contribution in [0.2, 0.25) is 0 Å². The fraction of sp³-hybridized carbons (Fsp3) is 0.0833. The summed E-state index contributed by atoms with van der Waals surface area (Å²) in [5.74, 6) is -0.253. The van der Waals surface area contributed by atoms with Crippen molar-refractivity contribution in [3.05, 3.63) is 106 Å². The molecule has 1 N–H and O–H groups in total. The summed E-state index contributed by atoms with van der Waals surface area (Å²) < 4.78 is 5.11. The smallest absolute Gasteiger partial charge is 0.273 e. The van der Waals surface area contributed by atoms with Crippen LogP contribution in [-0.2, 0) is 0 Å². The molecule has 150 valence electrons. The summed E-state index contributed by atoms with van der Waals surface area (Å²) in [6.07, 6.45) is 5.51. The lowest BCUT2D eigenvalue weighted by Crippen LogP contribution is -2.19. The van der Waals surface area contributed by atoms with Crippen LogP contribution in [0.25, 0.3) is 11.4 Å². The third-order valence-corrected chi connectivity index (χ3v) is 5.48. The van der Waals surface area contributed by atoms with Gasteiger partial charge in [0, 0.05) is 39.5 Å². The van der Waals surface area contributed by atoms with Gasteiger partial charge in [-0.1, -0.05) is 28.1 Å². The maximum Gasteiger partial charge on any atom is 0.273 e. The van der Waals surface area contributed by atoms with Gasteiger partial charge in [0.25, 0.3) is 5.91 Å². The first kappa shape index (κ1) is 19.9. The minimum atomic E-state index is -0.253. The van der Waals surface area contributed by atoms with Gasteiger partial charge in [-0.2, -0.15) is 5.10 Å². The predicted molar refractivity (Wildman–Crippen MR) is 124 cm³/mol. The lowest BCUT2D eigenvalue weighted by molar-refractivity contribution is 0.0955. The fourth-order valence-electron chi connectivity index (χ4n) is 3.51. The molecule has 0 radical (unpaired) electrons. The number of amides is 1. The van der Waals surface area contributed by atoms with Gasteiger partial charge in [0.05, 0.1) is 17.5 Å². The second-order valence-electron chi connectivity index (χ2n) is 6.94. The van der Waals surface area contributed by atoms with Crippen molar-refractivity contribution in [2.75, 3.05) is 0 Å². The van der Waals surface area contributed by atoms with Crippen LogP contribution in [0.15, 0.2) is 88.7 Å². The van der Waals surface area contributed by atoms with Crippen molar-refractivity contribution >= 4 is 28.1 Å². The van der Waals surface area contributed by atoms with Crippen LogP contribution < -0.4 is 5.43 Å². The number of para-hydroxylation sites is 1. The summed E-state index contributed by atoms with van der Waals surface area (Å²) in [6, 6.07) is 21.5. The zero-order valence-corrected chi connectivity index (χ0v) is 18.3. The number of aromatic nitrogens is 2. The topological polar surface area (TPSA) is 51.3 Å². The molecule has 1 amide bonds. The van der Waals surface area contributed by atoms with Crippen LogP contribution in [0.1, 0.15) is 27.3 Å². The van der Waals surface area contributed by atoms with E-state index in [-0.39, 0.29) is 5.91 Å². The second-order valence-corrected chi connectivity index (χ2v) is 7.86. The fourth-order valence-corrected chi connectivity index (χ4v) is 3.78. The molecule has 2 heterocycles. The Labute approximate surface area is 183 Å². The molecule has 0 fully saturated rings. The minimum absolute atomic E-state index is 0.253. The van der Waals surface area contributed by atoms with Gasteiger partial charge >= 0.3 is 0 Å². The Bertz CT molecular complexity index is 1200. The number of aryl methyl sites for hydroxylation is 1. The standard InChI is InChI=1S/C24H21BrN4O/c1-17-15-19(18(2)29(17)21-11-9-20(25)10-12-21)16-26-27-24(30)22-7-3-4-8-23(22)28-13-5-6-14-28/h3-16H,1-2H3,(H,27,30)/b26-16-. The van der Waals surface area contributed by atoms with Crippen molar-refractivity contribution in [3.63, 3.8) is 0 Å². The number of rotatable bonds is 5. The number of hydrogen-bond acceptors (Lipinski definition) is 2. The first-order chi connectivity index (χ1) is 14.5. The molecule has 4 aromatic rings. The highest BCUT2D eigenvalue weighted by Crippen LogP contribution is 2.21. The molecule has 0 saturated heterocycles. The average Bonchev–Trinajstić information content (AvgIpc) is 3.37. The molecule has 6 heteroatoms. The normalized spacial score (nSPS) is 11.2. The minimum Gasteiger partial charge on any atom is -0.323 e. The van der Waals surface area contributed by atoms with Crippen LogP contribution >= 0.6 is 15.9 Å². The number of halogens is 1. The van der Waals surface area contributed by atoms with Gasteiger partial charge in [0.2, 0.25) is 0 Å². The third-order valence-electron chi connectivity index (χ3n) is 4.96. The van der Waals surface area contributed by atoms with E-state index in [0.29, 0.717) is 5.56 Å². The zero-order chi connectivity index (χ0) is 21.1. The molecular weight excluding hydrogens is 440 g/mol. The van der Waals surface area contributed by atoms with E-state index in [1.54, 1.807) is 12.3 Å². The van der Waals surface area contributed by atoms with E-state index in [1.807, 2.05) is 66.3 Å². The van der Waals surface area contributed by atoms with Crippen LogP contribution in [0, 0.1) is 13.8 Å². The molecular formula is C24H21BrN4O.